The molecule has 1 aromatic carbocycles. The van der Waals surface area contributed by atoms with Crippen LogP contribution in [0.4, 0.5) is 5.82 Å². The summed E-state index contributed by atoms with van der Waals surface area (Å²) >= 11 is 0. The molecule has 0 unspecified atom stereocenters. The maximum Gasteiger partial charge on any atom is 0.265 e. The van der Waals surface area contributed by atoms with Gasteiger partial charge in [-0.3, -0.25) is 4.31 Å². The fraction of sp³-hybridized carbons (Fsp3) is 0.143. The van der Waals surface area contributed by atoms with Crippen LogP contribution in [0.3, 0.4) is 0 Å². The van der Waals surface area contributed by atoms with Crippen molar-refractivity contribution in [1.29, 1.82) is 0 Å². The summed E-state index contributed by atoms with van der Waals surface area (Å²) in [5.74, 6) is 0.583. The lowest BCUT2D eigenvalue weighted by atomic mass is 10.3. The van der Waals surface area contributed by atoms with Crippen molar-refractivity contribution in [1.82, 2.24) is 25.2 Å². The highest BCUT2D eigenvalue weighted by atomic mass is 32.2. The molecule has 0 saturated carbocycles. The number of hydrogen-bond donors (Lipinski definition) is 0. The van der Waals surface area contributed by atoms with Crippen molar-refractivity contribution >= 4 is 15.8 Å². The van der Waals surface area contributed by atoms with Gasteiger partial charge in [0.25, 0.3) is 10.0 Å². The molecule has 9 nitrogen and oxygen atoms in total. The molecule has 0 atom stereocenters. The van der Waals surface area contributed by atoms with Crippen LogP contribution < -0.4 is 9.04 Å². The molecular weight excluding hydrogens is 332 g/mol. The number of anilines is 1. The van der Waals surface area contributed by atoms with Crippen molar-refractivity contribution in [3.8, 4) is 11.6 Å². The Morgan fingerprint density at radius 2 is 1.96 bits per heavy atom. The summed E-state index contributed by atoms with van der Waals surface area (Å²) in [4.78, 5) is 4.24. The van der Waals surface area contributed by atoms with Crippen LogP contribution in [0.1, 0.15) is 0 Å². The molecule has 0 saturated heterocycles. The van der Waals surface area contributed by atoms with E-state index in [2.05, 4.69) is 20.5 Å². The van der Waals surface area contributed by atoms with Gasteiger partial charge in [0.05, 0.1) is 17.7 Å². The molecule has 0 aliphatic carbocycles. The van der Waals surface area contributed by atoms with Crippen LogP contribution in [-0.4, -0.2) is 47.8 Å². The molecule has 0 fully saturated rings. The van der Waals surface area contributed by atoms with E-state index in [1.54, 1.807) is 30.3 Å². The van der Waals surface area contributed by atoms with Gasteiger partial charge in [0.15, 0.2) is 0 Å². The number of hydrogen-bond acceptors (Lipinski definition) is 7. The monoisotopic (exact) mass is 346 g/mol. The third kappa shape index (κ3) is 2.91. The zero-order chi connectivity index (χ0) is 17.2. The minimum Gasteiger partial charge on any atom is -0.481 e. The van der Waals surface area contributed by atoms with Crippen LogP contribution in [0.15, 0.2) is 53.7 Å². The lowest BCUT2D eigenvalue weighted by Gasteiger charge is -2.19. The molecule has 0 aliphatic heterocycles. The molecule has 3 aromatic rings. The Morgan fingerprint density at radius 3 is 2.67 bits per heavy atom. The van der Waals surface area contributed by atoms with Crippen LogP contribution in [0, 0.1) is 0 Å². The summed E-state index contributed by atoms with van der Waals surface area (Å²) in [6, 6.07) is 11.2. The van der Waals surface area contributed by atoms with Crippen LogP contribution in [-0.2, 0) is 10.0 Å². The molecule has 0 bridgehead atoms. The number of ether oxygens (including phenoxy) is 1. The minimum absolute atomic E-state index is 0.0996. The number of tetrazole rings is 1. The molecule has 0 N–H and O–H groups in total. The largest absolute Gasteiger partial charge is 0.481 e. The Hall–Kier alpha value is -3.01. The highest BCUT2D eigenvalue weighted by Gasteiger charge is 2.23. The normalized spacial score (nSPS) is 11.2. The third-order valence-corrected chi connectivity index (χ3v) is 5.09. The predicted octanol–water partition coefficient (Wildman–Crippen LogP) is 0.891. The van der Waals surface area contributed by atoms with Gasteiger partial charge < -0.3 is 4.74 Å². The molecule has 10 heteroatoms. The maximum atomic E-state index is 12.8. The van der Waals surface area contributed by atoms with Gasteiger partial charge in [-0.25, -0.2) is 13.1 Å². The second kappa shape index (κ2) is 6.24. The first-order valence-corrected chi connectivity index (χ1v) is 8.30. The fourth-order valence-electron chi connectivity index (χ4n) is 2.04. The average Bonchev–Trinajstić information content (AvgIpc) is 3.16. The van der Waals surface area contributed by atoms with Crippen LogP contribution >= 0.6 is 0 Å². The average molecular weight is 346 g/mol. The number of benzene rings is 1. The molecule has 124 valence electrons. The Morgan fingerprint density at radius 1 is 1.17 bits per heavy atom. The first-order valence-electron chi connectivity index (χ1n) is 6.86. The molecule has 0 amide bonds. The summed E-state index contributed by atoms with van der Waals surface area (Å²) < 4.78 is 33.2. The van der Waals surface area contributed by atoms with Crippen LogP contribution in [0.2, 0.25) is 0 Å². The van der Waals surface area contributed by atoms with Crippen molar-refractivity contribution < 1.29 is 13.2 Å². The first-order chi connectivity index (χ1) is 11.5. The highest BCUT2D eigenvalue weighted by molar-refractivity contribution is 7.92. The van der Waals surface area contributed by atoms with Gasteiger partial charge in [-0.1, -0.05) is 12.1 Å². The minimum atomic E-state index is -3.80. The Kier molecular flexibility index (Phi) is 4.13. The number of rotatable bonds is 5. The number of pyridine rings is 1. The smallest absolute Gasteiger partial charge is 0.265 e. The van der Waals surface area contributed by atoms with Gasteiger partial charge in [-0.15, -0.1) is 5.10 Å². The van der Waals surface area contributed by atoms with Crippen LogP contribution in [0.25, 0.3) is 5.69 Å². The summed E-state index contributed by atoms with van der Waals surface area (Å²) in [6.45, 7) is 0. The summed E-state index contributed by atoms with van der Waals surface area (Å²) in [5.41, 5.74) is 0.535. The van der Waals surface area contributed by atoms with Crippen LogP contribution in [0.5, 0.6) is 5.88 Å². The molecule has 0 aliphatic rings. The number of methoxy groups -OCH3 is 1. The van der Waals surface area contributed by atoms with E-state index in [0.717, 1.165) is 4.31 Å². The summed E-state index contributed by atoms with van der Waals surface area (Å²) in [6.07, 6.45) is 1.39. The van der Waals surface area contributed by atoms with Gasteiger partial charge >= 0.3 is 0 Å². The number of sulfonamides is 1. The summed E-state index contributed by atoms with van der Waals surface area (Å²) in [5, 5.41) is 10.8. The lowest BCUT2D eigenvalue weighted by molar-refractivity contribution is 0.398. The van der Waals surface area contributed by atoms with E-state index >= 15 is 0 Å². The molecule has 3 rings (SSSR count). The van der Waals surface area contributed by atoms with Crippen molar-refractivity contribution in [2.45, 2.75) is 4.90 Å². The van der Waals surface area contributed by atoms with Gasteiger partial charge in [0.1, 0.15) is 12.1 Å². The topological polar surface area (TPSA) is 103 Å². The molecule has 2 heterocycles. The van der Waals surface area contributed by atoms with E-state index in [0.29, 0.717) is 11.6 Å². The number of aromatic nitrogens is 5. The van der Waals surface area contributed by atoms with Crippen molar-refractivity contribution in [3.63, 3.8) is 0 Å². The predicted molar refractivity (Wildman–Crippen MR) is 85.5 cm³/mol. The second-order valence-electron chi connectivity index (χ2n) is 4.76. The van der Waals surface area contributed by atoms with Gasteiger partial charge in [0.2, 0.25) is 5.88 Å². The zero-order valence-corrected chi connectivity index (χ0v) is 13.8. The van der Waals surface area contributed by atoms with Crippen molar-refractivity contribution in [2.75, 3.05) is 18.5 Å². The van der Waals surface area contributed by atoms with Crippen molar-refractivity contribution in [2.24, 2.45) is 0 Å². The lowest BCUT2D eigenvalue weighted by Crippen LogP contribution is -2.27. The maximum absolute atomic E-state index is 12.8. The van der Waals surface area contributed by atoms with E-state index < -0.39 is 10.0 Å². The third-order valence-electron chi connectivity index (χ3n) is 3.33. The van der Waals surface area contributed by atoms with Gasteiger partial charge in [0, 0.05) is 13.1 Å². The van der Waals surface area contributed by atoms with E-state index in [-0.39, 0.29) is 10.7 Å². The Bertz CT molecular complexity index is 943. The van der Waals surface area contributed by atoms with E-state index in [4.69, 9.17) is 4.74 Å². The van der Waals surface area contributed by atoms with E-state index in [1.165, 1.54) is 37.3 Å². The SMILES string of the molecule is COc1cccc(N(C)S(=O)(=O)c2cccc(-n3cnnn3)c2)n1. The molecule has 0 spiro atoms. The second-order valence-corrected chi connectivity index (χ2v) is 6.73. The Labute approximate surface area is 138 Å². The standard InChI is InChI=1S/C14H14N6O3S/c1-19(13-7-4-8-14(16-13)23-2)24(21,22)12-6-3-5-11(9-12)20-10-15-17-18-20/h3-10H,1-2H3. The van der Waals surface area contributed by atoms with Crippen molar-refractivity contribution in [3.05, 3.63) is 48.8 Å². The Balaban J connectivity index is 1.99. The summed E-state index contributed by atoms with van der Waals surface area (Å²) in [7, 11) is -0.897. The van der Waals surface area contributed by atoms with E-state index in [1.807, 2.05) is 0 Å². The molecular formula is C14H14N6O3S. The van der Waals surface area contributed by atoms with E-state index in [9.17, 15) is 8.42 Å². The zero-order valence-electron chi connectivity index (χ0n) is 12.9. The molecule has 24 heavy (non-hydrogen) atoms. The fourth-order valence-corrected chi connectivity index (χ4v) is 3.22. The molecule has 0 radical (unpaired) electrons. The highest BCUT2D eigenvalue weighted by Crippen LogP contribution is 2.23. The molecule has 2 aromatic heterocycles. The van der Waals surface area contributed by atoms with Gasteiger partial charge in [-0.05, 0) is 34.7 Å². The quantitative estimate of drug-likeness (QED) is 0.676. The van der Waals surface area contributed by atoms with Gasteiger partial charge in [-0.2, -0.15) is 4.98 Å². The number of nitrogens with zero attached hydrogens (tertiary/aromatic N) is 6. The first kappa shape index (κ1) is 15.9.